The van der Waals surface area contributed by atoms with Crippen LogP contribution < -0.4 is 0 Å². The summed E-state index contributed by atoms with van der Waals surface area (Å²) >= 11 is 3.72. The van der Waals surface area contributed by atoms with E-state index in [4.69, 9.17) is 53.6 Å². The van der Waals surface area contributed by atoms with Crippen LogP contribution in [-0.2, 0) is 0 Å². The van der Waals surface area contributed by atoms with Gasteiger partial charge in [0.25, 0.3) is 0 Å². The summed E-state index contributed by atoms with van der Waals surface area (Å²) in [5.41, 5.74) is 34.9. The number of nitrogens with zero attached hydrogens (tertiary/aromatic N) is 15. The van der Waals surface area contributed by atoms with Gasteiger partial charge in [-0.3, -0.25) is 0 Å². The van der Waals surface area contributed by atoms with E-state index in [0.29, 0.717) is 17.5 Å². The molecule has 0 atom stereocenters. The lowest BCUT2D eigenvalue weighted by Gasteiger charge is -2.13. The Bertz CT molecular complexity index is 9210. The third-order valence-electron chi connectivity index (χ3n) is 25.7. The van der Waals surface area contributed by atoms with Crippen molar-refractivity contribution in [3.63, 3.8) is 0 Å². The van der Waals surface area contributed by atoms with Crippen molar-refractivity contribution in [1.29, 1.82) is 0 Å². The molecule has 0 radical (unpaired) electrons. The molecule has 18 aromatic carbocycles. The van der Waals surface area contributed by atoms with Gasteiger partial charge < -0.3 is 0 Å². The first-order valence-electron chi connectivity index (χ1n) is 46.3. The third kappa shape index (κ3) is 16.6. The fourth-order valence-electron chi connectivity index (χ4n) is 18.7. The van der Waals surface area contributed by atoms with Crippen molar-refractivity contribution in [2.45, 2.75) is 0 Å². The van der Waals surface area contributed by atoms with Crippen LogP contribution >= 0.6 is 35.2 Å². The molecule has 0 saturated heterocycles. The molecule has 18 heteroatoms. The molecule has 0 unspecified atom stereocenters. The van der Waals surface area contributed by atoms with Gasteiger partial charge in [-0.25, -0.2) is 44.9 Å². The first kappa shape index (κ1) is 84.4. The molecule has 27 aromatic rings. The van der Waals surface area contributed by atoms with Crippen LogP contribution in [0.5, 0.6) is 0 Å². The molecule has 0 N–H and O–H groups in total. The molecule has 0 spiro atoms. The predicted octanol–water partition coefficient (Wildman–Crippen LogP) is 31.6. The lowest BCUT2D eigenvalue weighted by Crippen LogP contribution is -1.97. The highest BCUT2D eigenvalue weighted by atomic mass is 32.1. The van der Waals surface area contributed by atoms with Crippen molar-refractivity contribution in [3.05, 3.63) is 455 Å². The Morgan fingerprint density at radius 3 is 0.589 bits per heavy atom. The quantitative estimate of drug-likeness (QED) is 0.0879. The zero-order chi connectivity index (χ0) is 93.5. The highest BCUT2D eigenvalue weighted by molar-refractivity contribution is 7.00. The fourth-order valence-corrected chi connectivity index (χ4v) is 20.3. The van der Waals surface area contributed by atoms with E-state index in [0.717, 1.165) is 233 Å². The average Bonchev–Trinajstić information content (AvgIpc) is 1.56. The van der Waals surface area contributed by atoms with Crippen LogP contribution in [0.3, 0.4) is 0 Å². The first-order chi connectivity index (χ1) is 69.8. The zero-order valence-corrected chi connectivity index (χ0v) is 77.7. The molecule has 9 aromatic heterocycles. The van der Waals surface area contributed by atoms with Gasteiger partial charge in [0.05, 0.1) is 103 Å². The van der Waals surface area contributed by atoms with Gasteiger partial charge in [-0.2, -0.15) is 26.2 Å². The number of rotatable bonds is 15. The number of hydrogen-bond donors (Lipinski definition) is 0. The summed E-state index contributed by atoms with van der Waals surface area (Å²) in [6.07, 6.45) is 0. The first-order valence-corrected chi connectivity index (χ1v) is 48.5. The van der Waals surface area contributed by atoms with Crippen LogP contribution in [0.15, 0.2) is 455 Å². The number of fused-ring (bicyclic) bond motifs is 15. The minimum Gasteiger partial charge on any atom is -0.247 e. The second kappa shape index (κ2) is 37.1. The Morgan fingerprint density at radius 2 is 0.319 bits per heavy atom. The summed E-state index contributed by atoms with van der Waals surface area (Å²) < 4.78 is 27.7. The Kier molecular flexibility index (Phi) is 22.2. The van der Waals surface area contributed by atoms with Crippen molar-refractivity contribution in [1.82, 2.24) is 71.1 Å². The predicted molar refractivity (Wildman–Crippen MR) is 579 cm³/mol. The molecule has 0 saturated carbocycles. The number of pyridine rings is 3. The Labute approximate surface area is 822 Å². The summed E-state index contributed by atoms with van der Waals surface area (Å²) in [7, 11) is 0. The van der Waals surface area contributed by atoms with Crippen molar-refractivity contribution < 1.29 is 0 Å². The maximum Gasteiger partial charge on any atom is 0.160 e. The van der Waals surface area contributed by atoms with Gasteiger partial charge in [0.2, 0.25) is 0 Å². The minimum atomic E-state index is 0.663. The van der Waals surface area contributed by atoms with E-state index < -0.39 is 0 Å². The number of aromatic nitrogens is 15. The van der Waals surface area contributed by atoms with E-state index >= 15 is 0 Å². The highest BCUT2D eigenvalue weighted by Crippen LogP contribution is 2.45. The van der Waals surface area contributed by atoms with Gasteiger partial charge in [-0.05, 0) is 106 Å². The summed E-state index contributed by atoms with van der Waals surface area (Å²) in [6, 6.07) is 156. The largest absolute Gasteiger partial charge is 0.247 e. The van der Waals surface area contributed by atoms with Gasteiger partial charge in [0.15, 0.2) is 17.5 Å². The molecule has 660 valence electrons. The van der Waals surface area contributed by atoms with E-state index in [1.165, 1.54) is 51.9 Å². The molecule has 15 nitrogen and oxygen atoms in total. The van der Waals surface area contributed by atoms with Crippen LogP contribution in [-0.4, -0.2) is 71.1 Å². The highest BCUT2D eigenvalue weighted by Gasteiger charge is 2.24. The monoisotopic (exact) mass is 1860 g/mol. The molecule has 0 aliphatic heterocycles. The van der Waals surface area contributed by atoms with Crippen molar-refractivity contribution >= 4 is 133 Å². The zero-order valence-electron chi connectivity index (χ0n) is 75.2. The van der Waals surface area contributed by atoms with Gasteiger partial charge in [0, 0.05) is 115 Å². The molecular weight excluding hydrogens is 1780 g/mol. The Morgan fingerprint density at radius 1 is 0.128 bits per heavy atom. The van der Waals surface area contributed by atoms with Gasteiger partial charge in [-0.15, -0.1) is 0 Å². The number of benzene rings is 18. The molecule has 27 rings (SSSR count). The maximum atomic E-state index is 5.30. The molecule has 0 aliphatic rings. The van der Waals surface area contributed by atoms with Gasteiger partial charge in [0.1, 0.15) is 33.1 Å². The van der Waals surface area contributed by atoms with Crippen molar-refractivity contribution in [2.24, 2.45) is 0 Å². The maximum absolute atomic E-state index is 5.30. The normalized spacial score (nSPS) is 11.4. The second-order valence-corrected chi connectivity index (χ2v) is 35.9. The van der Waals surface area contributed by atoms with E-state index in [2.05, 4.69) is 327 Å². The minimum absolute atomic E-state index is 0.663. The standard InChI is InChI=1S/C47H29N5S.C41H25N5S.C35H21N5S/c1-4-10-30(11-5-1)32-16-20-34(21-17-32)41-29-42(50-47(49-41)36-22-18-33(19-23-36)31-12-6-2-7-13-31)37-24-25-38-43(28-37)48-45(35-14-8-3-9-15-35)39-26-27-40-46(44(38)39)52-53-51-40;1-4-10-26(11-5-1)27-16-18-30(19-17-27)41-43-35(28-12-6-2-7-13-28)25-36(44-41)31-20-21-32-37(24-31)42-39(29-14-8-3-9-15-29)33-22-23-34-40(38(32)33)46-47-45-34;1-4-10-22(11-5-1)29-21-30(38-35(37-29)24-14-8-3-9-15-24)25-16-17-26-31(20-25)36-33(23-12-6-2-7-13-23)27-18-19-28-34(32(26)27)40-41-39-28/h1-29H;1-25H;1-21H. The summed E-state index contributed by atoms with van der Waals surface area (Å²) in [5, 5.41) is 9.50. The van der Waals surface area contributed by atoms with E-state index in [-0.39, 0.29) is 0 Å². The second-order valence-electron chi connectivity index (χ2n) is 34.3. The van der Waals surface area contributed by atoms with Gasteiger partial charge >= 0.3 is 0 Å². The van der Waals surface area contributed by atoms with E-state index in [9.17, 15) is 0 Å². The molecule has 9 heterocycles. The molecule has 141 heavy (non-hydrogen) atoms. The van der Waals surface area contributed by atoms with Crippen LogP contribution in [0.2, 0.25) is 0 Å². The smallest absolute Gasteiger partial charge is 0.160 e. The van der Waals surface area contributed by atoms with Crippen molar-refractivity contribution in [2.75, 3.05) is 0 Å². The van der Waals surface area contributed by atoms with Crippen LogP contribution in [0.1, 0.15) is 0 Å². The average molecular weight is 1860 g/mol. The molecule has 0 amide bonds. The van der Waals surface area contributed by atoms with Crippen LogP contribution in [0.4, 0.5) is 0 Å². The summed E-state index contributed by atoms with van der Waals surface area (Å²) in [4.78, 5) is 46.3. The number of hydrogen-bond acceptors (Lipinski definition) is 18. The van der Waals surface area contributed by atoms with Crippen molar-refractivity contribution in [3.8, 4) is 169 Å². The topological polar surface area (TPSA) is 193 Å². The SMILES string of the molecule is c1ccc(-c2cc(-c3ccc4c(c3)nc(-c3ccccc3)c3ccc5nsnc5c34)nc(-c3ccccc3)n2)cc1.c1ccc(-c2ccc(-c3cc(-c4ccc5c(c4)nc(-c4ccccc4)c4ccc6nsnc6c45)nc(-c4ccc(-c5ccccc5)cc4)n3)cc2)cc1.c1ccc(-c2ccc(-c3nc(-c4ccccc4)cc(-c4ccc5c(c4)nc(-c4ccccc4)c4ccc6nsnc6c45)n3)cc2)cc1. The lowest BCUT2D eigenvalue weighted by molar-refractivity contribution is 1.18. The van der Waals surface area contributed by atoms with Crippen LogP contribution in [0, 0.1) is 0 Å². The van der Waals surface area contributed by atoms with Gasteiger partial charge in [-0.1, -0.05) is 382 Å². The summed E-state index contributed by atoms with van der Waals surface area (Å²) in [5.74, 6) is 2.03. The Hall–Kier alpha value is -18.3. The Balaban J connectivity index is 0.000000112. The molecule has 0 aliphatic carbocycles. The third-order valence-corrected chi connectivity index (χ3v) is 27.3. The van der Waals surface area contributed by atoms with Crippen LogP contribution in [0.25, 0.3) is 267 Å². The lowest BCUT2D eigenvalue weighted by atomic mass is 9.97. The molecule has 0 fully saturated rings. The fraction of sp³-hybridized carbons (Fsp3) is 0. The van der Waals surface area contributed by atoms with E-state index in [1.807, 2.05) is 146 Å². The molecule has 0 bridgehead atoms. The summed E-state index contributed by atoms with van der Waals surface area (Å²) in [6.45, 7) is 0. The molecular formula is C123H75N15S3. The van der Waals surface area contributed by atoms with E-state index in [1.54, 1.807) is 0 Å².